The van der Waals surface area contributed by atoms with E-state index in [2.05, 4.69) is 15.0 Å². The maximum atomic E-state index is 12.3. The lowest BCUT2D eigenvalue weighted by Gasteiger charge is -2.14. The highest BCUT2D eigenvalue weighted by molar-refractivity contribution is 7.89. The van der Waals surface area contributed by atoms with Gasteiger partial charge in [0, 0.05) is 18.9 Å². The number of aromatic nitrogens is 1. The van der Waals surface area contributed by atoms with Gasteiger partial charge in [0.2, 0.25) is 15.9 Å². The molecule has 8 heteroatoms. The quantitative estimate of drug-likeness (QED) is 0.779. The number of hydrogen-bond acceptors (Lipinski definition) is 5. The van der Waals surface area contributed by atoms with Crippen LogP contribution in [-0.4, -0.2) is 32.5 Å². The van der Waals surface area contributed by atoms with Crippen molar-refractivity contribution in [1.29, 1.82) is 0 Å². The zero-order valence-electron chi connectivity index (χ0n) is 13.4. The molecule has 128 valence electrons. The summed E-state index contributed by atoms with van der Waals surface area (Å²) in [4.78, 5) is 16.0. The van der Waals surface area contributed by atoms with Gasteiger partial charge in [-0.2, -0.15) is 4.72 Å². The highest BCUT2D eigenvalue weighted by atomic mass is 32.2. The second-order valence-electron chi connectivity index (χ2n) is 5.09. The van der Waals surface area contributed by atoms with E-state index in [1.165, 1.54) is 26.2 Å². The molecule has 1 aromatic carbocycles. The van der Waals surface area contributed by atoms with E-state index < -0.39 is 22.0 Å². The number of sulfonamides is 1. The topological polar surface area (TPSA) is 97.4 Å². The Labute approximate surface area is 141 Å². The van der Waals surface area contributed by atoms with E-state index in [4.69, 9.17) is 4.74 Å². The molecule has 1 amide bonds. The molecule has 0 aliphatic rings. The minimum Gasteiger partial charge on any atom is -0.497 e. The number of pyridine rings is 1. The fourth-order valence-electron chi connectivity index (χ4n) is 1.95. The van der Waals surface area contributed by atoms with Gasteiger partial charge in [0.1, 0.15) is 5.75 Å². The molecule has 1 atom stereocenters. The van der Waals surface area contributed by atoms with Gasteiger partial charge in [0.05, 0.1) is 18.0 Å². The molecule has 0 saturated heterocycles. The fourth-order valence-corrected chi connectivity index (χ4v) is 3.16. The van der Waals surface area contributed by atoms with Gasteiger partial charge in [0.25, 0.3) is 0 Å². The fraction of sp³-hybridized carbons (Fsp3) is 0.250. The van der Waals surface area contributed by atoms with Crippen LogP contribution in [0.3, 0.4) is 0 Å². The number of ether oxygens (including phenoxy) is 1. The van der Waals surface area contributed by atoms with Crippen molar-refractivity contribution in [3.8, 4) is 5.75 Å². The largest absolute Gasteiger partial charge is 0.497 e. The van der Waals surface area contributed by atoms with Crippen LogP contribution in [0.2, 0.25) is 0 Å². The minimum absolute atomic E-state index is 0.0667. The van der Waals surface area contributed by atoms with Crippen molar-refractivity contribution in [2.24, 2.45) is 0 Å². The summed E-state index contributed by atoms with van der Waals surface area (Å²) in [5.41, 5.74) is 0.878. The number of carbonyl (C=O) groups is 1. The third-order valence-electron chi connectivity index (χ3n) is 3.31. The first-order valence-corrected chi connectivity index (χ1v) is 8.73. The summed E-state index contributed by atoms with van der Waals surface area (Å²) < 4.78 is 31.9. The molecular formula is C16H19N3O4S. The third-order valence-corrected chi connectivity index (χ3v) is 4.87. The van der Waals surface area contributed by atoms with Gasteiger partial charge < -0.3 is 10.1 Å². The van der Waals surface area contributed by atoms with Gasteiger partial charge in [-0.05, 0) is 48.9 Å². The Morgan fingerprint density at radius 2 is 1.79 bits per heavy atom. The molecule has 0 unspecified atom stereocenters. The van der Waals surface area contributed by atoms with Crippen LogP contribution in [0.5, 0.6) is 5.75 Å². The molecule has 1 heterocycles. The van der Waals surface area contributed by atoms with Crippen LogP contribution < -0.4 is 14.8 Å². The van der Waals surface area contributed by atoms with Gasteiger partial charge in [-0.15, -0.1) is 0 Å². The number of hydrogen-bond donors (Lipinski definition) is 2. The Morgan fingerprint density at radius 3 is 2.38 bits per heavy atom. The van der Waals surface area contributed by atoms with Gasteiger partial charge in [0.15, 0.2) is 0 Å². The van der Waals surface area contributed by atoms with Crippen molar-refractivity contribution in [1.82, 2.24) is 15.0 Å². The van der Waals surface area contributed by atoms with Crippen molar-refractivity contribution < 1.29 is 17.9 Å². The highest BCUT2D eigenvalue weighted by Gasteiger charge is 2.21. The van der Waals surface area contributed by atoms with E-state index >= 15 is 0 Å². The first-order chi connectivity index (χ1) is 11.4. The van der Waals surface area contributed by atoms with Crippen LogP contribution in [-0.2, 0) is 21.4 Å². The monoisotopic (exact) mass is 349 g/mol. The molecule has 0 fully saturated rings. The van der Waals surface area contributed by atoms with Crippen molar-refractivity contribution in [2.75, 3.05) is 7.11 Å². The first kappa shape index (κ1) is 17.9. The molecular weight excluding hydrogens is 330 g/mol. The molecule has 0 spiro atoms. The van der Waals surface area contributed by atoms with E-state index in [9.17, 15) is 13.2 Å². The van der Waals surface area contributed by atoms with E-state index in [0.29, 0.717) is 12.3 Å². The lowest BCUT2D eigenvalue weighted by molar-refractivity contribution is -0.122. The molecule has 7 nitrogen and oxygen atoms in total. The Kier molecular flexibility index (Phi) is 5.88. The van der Waals surface area contributed by atoms with E-state index in [-0.39, 0.29) is 4.90 Å². The molecule has 0 saturated carbocycles. The summed E-state index contributed by atoms with van der Waals surface area (Å²) >= 11 is 0. The van der Waals surface area contributed by atoms with Crippen molar-refractivity contribution in [2.45, 2.75) is 24.4 Å². The molecule has 0 aliphatic heterocycles. The average molecular weight is 349 g/mol. The summed E-state index contributed by atoms with van der Waals surface area (Å²) in [7, 11) is -2.29. The number of benzene rings is 1. The van der Waals surface area contributed by atoms with E-state index in [1.54, 1.807) is 36.7 Å². The highest BCUT2D eigenvalue weighted by Crippen LogP contribution is 2.15. The number of nitrogens with one attached hydrogen (secondary N) is 2. The standard InChI is InChI=1S/C16H19N3O4S/c1-12(16(20)18-11-13-7-9-17-10-8-13)19-24(21,22)15-5-3-14(23-2)4-6-15/h3-10,12,19H,11H2,1-2H3,(H,18,20)/t12-/m0/s1. The Bertz CT molecular complexity index is 777. The number of amides is 1. The molecule has 0 bridgehead atoms. The Morgan fingerprint density at radius 1 is 1.17 bits per heavy atom. The normalized spacial score (nSPS) is 12.4. The number of methoxy groups -OCH3 is 1. The smallest absolute Gasteiger partial charge is 0.241 e. The van der Waals surface area contributed by atoms with Crippen molar-refractivity contribution >= 4 is 15.9 Å². The Hall–Kier alpha value is -2.45. The zero-order chi connectivity index (χ0) is 17.6. The van der Waals surface area contributed by atoms with Crippen LogP contribution in [0.1, 0.15) is 12.5 Å². The van der Waals surface area contributed by atoms with Gasteiger partial charge in [-0.1, -0.05) is 0 Å². The summed E-state index contributed by atoms with van der Waals surface area (Å²) in [6.45, 7) is 1.79. The van der Waals surface area contributed by atoms with Crippen LogP contribution in [0.4, 0.5) is 0 Å². The van der Waals surface area contributed by atoms with Gasteiger partial charge >= 0.3 is 0 Å². The predicted octanol–water partition coefficient (Wildman–Crippen LogP) is 1.07. The number of nitrogens with zero attached hydrogens (tertiary/aromatic N) is 1. The summed E-state index contributed by atoms with van der Waals surface area (Å²) in [5, 5.41) is 2.68. The third kappa shape index (κ3) is 4.77. The molecule has 0 radical (unpaired) electrons. The predicted molar refractivity (Wildman–Crippen MR) is 88.9 cm³/mol. The summed E-state index contributed by atoms with van der Waals surface area (Å²) in [5.74, 6) is 0.140. The van der Waals surface area contributed by atoms with Crippen molar-refractivity contribution in [3.63, 3.8) is 0 Å². The molecule has 2 aromatic rings. The lowest BCUT2D eigenvalue weighted by Crippen LogP contribution is -2.44. The van der Waals surface area contributed by atoms with E-state index in [0.717, 1.165) is 5.56 Å². The average Bonchev–Trinajstić information content (AvgIpc) is 2.60. The van der Waals surface area contributed by atoms with Gasteiger partial charge in [-0.3, -0.25) is 9.78 Å². The van der Waals surface area contributed by atoms with Crippen LogP contribution >= 0.6 is 0 Å². The number of rotatable bonds is 7. The van der Waals surface area contributed by atoms with Crippen molar-refractivity contribution in [3.05, 3.63) is 54.4 Å². The maximum Gasteiger partial charge on any atom is 0.241 e. The minimum atomic E-state index is -3.79. The Balaban J connectivity index is 1.96. The summed E-state index contributed by atoms with van der Waals surface area (Å²) in [6.07, 6.45) is 3.24. The maximum absolute atomic E-state index is 12.3. The molecule has 1 aromatic heterocycles. The molecule has 2 N–H and O–H groups in total. The molecule has 0 aliphatic carbocycles. The number of carbonyl (C=O) groups excluding carboxylic acids is 1. The SMILES string of the molecule is COc1ccc(S(=O)(=O)N[C@@H](C)C(=O)NCc2ccncc2)cc1. The van der Waals surface area contributed by atoms with E-state index in [1.807, 2.05) is 0 Å². The van der Waals surface area contributed by atoms with Crippen LogP contribution in [0.25, 0.3) is 0 Å². The lowest BCUT2D eigenvalue weighted by atomic mass is 10.2. The van der Waals surface area contributed by atoms with Gasteiger partial charge in [-0.25, -0.2) is 8.42 Å². The van der Waals surface area contributed by atoms with Crippen LogP contribution in [0, 0.1) is 0 Å². The molecule has 24 heavy (non-hydrogen) atoms. The zero-order valence-corrected chi connectivity index (χ0v) is 14.2. The van der Waals surface area contributed by atoms with Crippen LogP contribution in [0.15, 0.2) is 53.7 Å². The molecule has 2 rings (SSSR count). The second-order valence-corrected chi connectivity index (χ2v) is 6.81. The second kappa shape index (κ2) is 7.89. The first-order valence-electron chi connectivity index (χ1n) is 7.25. The summed E-state index contributed by atoms with van der Waals surface area (Å²) in [6, 6.07) is 8.56.